The molecule has 18 heavy (non-hydrogen) atoms. The number of carboxylic acids is 1. The number of hydrogen-bond donors (Lipinski definition) is 2. The quantitative estimate of drug-likeness (QED) is 0.809. The number of rotatable bonds is 6. The van der Waals surface area contributed by atoms with Gasteiger partial charge in [-0.3, -0.25) is 4.79 Å². The predicted octanol–water partition coefficient (Wildman–Crippen LogP) is 2.78. The van der Waals surface area contributed by atoms with E-state index >= 15 is 0 Å². The summed E-state index contributed by atoms with van der Waals surface area (Å²) in [5, 5.41) is 20.7. The van der Waals surface area contributed by atoms with Gasteiger partial charge in [-0.2, -0.15) is 5.26 Å². The number of nitrogens with zero attached hydrogens (tertiary/aromatic N) is 1. The molecule has 1 unspecified atom stereocenters. The first kappa shape index (κ1) is 14.0. The van der Waals surface area contributed by atoms with Gasteiger partial charge in [-0.05, 0) is 43.0 Å². The number of carbonyl (C=O) groups is 1. The van der Waals surface area contributed by atoms with E-state index < -0.39 is 5.97 Å². The van der Waals surface area contributed by atoms with E-state index in [2.05, 4.69) is 11.4 Å². The van der Waals surface area contributed by atoms with Crippen LogP contribution in [-0.4, -0.2) is 17.6 Å². The van der Waals surface area contributed by atoms with Gasteiger partial charge in [-0.25, -0.2) is 0 Å². The lowest BCUT2D eigenvalue weighted by Crippen LogP contribution is -2.12. The molecule has 0 heterocycles. The average Bonchev–Trinajstić information content (AvgIpc) is 2.34. The number of aryl methyl sites for hydroxylation is 1. The van der Waals surface area contributed by atoms with Crippen LogP contribution in [0.25, 0.3) is 0 Å². The molecular formula is C14H18N2O2. The molecule has 0 saturated carbocycles. The number of nitriles is 1. The highest BCUT2D eigenvalue weighted by molar-refractivity contribution is 5.66. The SMILES string of the molecule is Cc1cc(NCC(C)CCC(=O)O)ccc1C#N. The molecule has 96 valence electrons. The van der Waals surface area contributed by atoms with Gasteiger partial charge in [0.25, 0.3) is 0 Å². The van der Waals surface area contributed by atoms with Crippen LogP contribution in [0, 0.1) is 24.2 Å². The van der Waals surface area contributed by atoms with Crippen molar-refractivity contribution in [3.8, 4) is 6.07 Å². The molecule has 1 aromatic carbocycles. The molecule has 0 fully saturated rings. The van der Waals surface area contributed by atoms with Gasteiger partial charge in [0, 0.05) is 18.7 Å². The van der Waals surface area contributed by atoms with E-state index in [0.717, 1.165) is 17.8 Å². The molecular weight excluding hydrogens is 228 g/mol. The Morgan fingerprint density at radius 1 is 1.56 bits per heavy atom. The third kappa shape index (κ3) is 4.46. The van der Waals surface area contributed by atoms with Gasteiger partial charge in [0.1, 0.15) is 0 Å². The van der Waals surface area contributed by atoms with E-state index in [1.54, 1.807) is 6.07 Å². The van der Waals surface area contributed by atoms with Crippen LogP contribution in [-0.2, 0) is 4.79 Å². The molecule has 0 amide bonds. The van der Waals surface area contributed by atoms with Crippen LogP contribution >= 0.6 is 0 Å². The molecule has 0 saturated heterocycles. The first-order valence-electron chi connectivity index (χ1n) is 5.99. The van der Waals surface area contributed by atoms with Crippen molar-refractivity contribution in [2.24, 2.45) is 5.92 Å². The van der Waals surface area contributed by atoms with Crippen LogP contribution in [0.5, 0.6) is 0 Å². The summed E-state index contributed by atoms with van der Waals surface area (Å²) in [6.45, 7) is 4.66. The smallest absolute Gasteiger partial charge is 0.303 e. The van der Waals surface area contributed by atoms with Gasteiger partial charge in [-0.15, -0.1) is 0 Å². The summed E-state index contributed by atoms with van der Waals surface area (Å²) in [6, 6.07) is 7.72. The van der Waals surface area contributed by atoms with Crippen molar-refractivity contribution in [2.75, 3.05) is 11.9 Å². The van der Waals surface area contributed by atoms with Gasteiger partial charge < -0.3 is 10.4 Å². The molecule has 0 aliphatic heterocycles. The Morgan fingerprint density at radius 2 is 2.28 bits per heavy atom. The van der Waals surface area contributed by atoms with E-state index in [1.165, 1.54) is 0 Å². The summed E-state index contributed by atoms with van der Waals surface area (Å²) in [4.78, 5) is 10.4. The number of benzene rings is 1. The highest BCUT2D eigenvalue weighted by atomic mass is 16.4. The minimum absolute atomic E-state index is 0.204. The monoisotopic (exact) mass is 246 g/mol. The Kier molecular flexibility index (Phi) is 5.19. The Balaban J connectivity index is 2.46. The topological polar surface area (TPSA) is 73.1 Å². The number of hydrogen-bond acceptors (Lipinski definition) is 3. The number of anilines is 1. The fourth-order valence-electron chi connectivity index (χ4n) is 1.66. The molecule has 0 aromatic heterocycles. The first-order valence-corrected chi connectivity index (χ1v) is 5.99. The maximum atomic E-state index is 10.4. The lowest BCUT2D eigenvalue weighted by molar-refractivity contribution is -0.137. The van der Waals surface area contributed by atoms with E-state index in [-0.39, 0.29) is 6.42 Å². The molecule has 0 radical (unpaired) electrons. The lowest BCUT2D eigenvalue weighted by Gasteiger charge is -2.13. The summed E-state index contributed by atoms with van der Waals surface area (Å²) in [6.07, 6.45) is 0.868. The zero-order valence-electron chi connectivity index (χ0n) is 10.7. The average molecular weight is 246 g/mol. The third-order valence-corrected chi connectivity index (χ3v) is 2.85. The van der Waals surface area contributed by atoms with Crippen molar-refractivity contribution >= 4 is 11.7 Å². The predicted molar refractivity (Wildman–Crippen MR) is 70.4 cm³/mol. The minimum atomic E-state index is -0.754. The van der Waals surface area contributed by atoms with E-state index in [0.29, 0.717) is 17.9 Å². The van der Waals surface area contributed by atoms with Crippen LogP contribution in [0.1, 0.15) is 30.9 Å². The molecule has 1 atom stereocenters. The molecule has 1 aromatic rings. The lowest BCUT2D eigenvalue weighted by atomic mass is 10.1. The van der Waals surface area contributed by atoms with Crippen LogP contribution in [0.3, 0.4) is 0 Å². The normalized spacial score (nSPS) is 11.6. The second kappa shape index (κ2) is 6.65. The molecule has 1 rings (SSSR count). The van der Waals surface area contributed by atoms with Crippen molar-refractivity contribution in [3.05, 3.63) is 29.3 Å². The van der Waals surface area contributed by atoms with Crippen molar-refractivity contribution in [3.63, 3.8) is 0 Å². The fraction of sp³-hybridized carbons (Fsp3) is 0.429. The van der Waals surface area contributed by atoms with Gasteiger partial charge in [0.05, 0.1) is 11.6 Å². The molecule has 4 heteroatoms. The summed E-state index contributed by atoms with van der Waals surface area (Å²) in [5.41, 5.74) is 2.59. The molecule has 0 spiro atoms. The van der Waals surface area contributed by atoms with Gasteiger partial charge in [-0.1, -0.05) is 6.92 Å². The second-order valence-corrected chi connectivity index (χ2v) is 4.56. The van der Waals surface area contributed by atoms with Crippen LogP contribution < -0.4 is 5.32 Å². The summed E-state index contributed by atoms with van der Waals surface area (Å²) in [5.74, 6) is -0.451. The Bertz CT molecular complexity index is 463. The molecule has 2 N–H and O–H groups in total. The Morgan fingerprint density at radius 3 is 2.83 bits per heavy atom. The Hall–Kier alpha value is -2.02. The van der Waals surface area contributed by atoms with Gasteiger partial charge in [0.2, 0.25) is 0 Å². The summed E-state index contributed by atoms with van der Waals surface area (Å²) in [7, 11) is 0. The molecule has 0 aliphatic carbocycles. The number of carboxylic acid groups (broad SMARTS) is 1. The maximum absolute atomic E-state index is 10.4. The Labute approximate surface area is 107 Å². The van der Waals surface area contributed by atoms with Crippen molar-refractivity contribution in [2.45, 2.75) is 26.7 Å². The first-order chi connectivity index (χ1) is 8.52. The molecule has 4 nitrogen and oxygen atoms in total. The largest absolute Gasteiger partial charge is 0.481 e. The third-order valence-electron chi connectivity index (χ3n) is 2.85. The standard InChI is InChI=1S/C14H18N2O2/c1-10(3-6-14(17)18)9-16-13-5-4-12(8-15)11(2)7-13/h4-5,7,10,16H,3,6,9H2,1-2H3,(H,17,18). The van der Waals surface area contributed by atoms with Crippen LogP contribution in [0.4, 0.5) is 5.69 Å². The van der Waals surface area contributed by atoms with Gasteiger partial charge >= 0.3 is 5.97 Å². The molecule has 0 aliphatic rings. The van der Waals surface area contributed by atoms with Crippen molar-refractivity contribution in [1.29, 1.82) is 5.26 Å². The van der Waals surface area contributed by atoms with E-state index in [1.807, 2.05) is 26.0 Å². The van der Waals surface area contributed by atoms with Gasteiger partial charge in [0.15, 0.2) is 0 Å². The summed E-state index contributed by atoms with van der Waals surface area (Å²) >= 11 is 0. The van der Waals surface area contributed by atoms with Crippen LogP contribution in [0.2, 0.25) is 0 Å². The van der Waals surface area contributed by atoms with E-state index in [9.17, 15) is 4.79 Å². The van der Waals surface area contributed by atoms with Crippen molar-refractivity contribution in [1.82, 2.24) is 0 Å². The highest BCUT2D eigenvalue weighted by Crippen LogP contribution is 2.15. The zero-order valence-corrected chi connectivity index (χ0v) is 10.7. The number of nitrogens with one attached hydrogen (secondary N) is 1. The van der Waals surface area contributed by atoms with Crippen LogP contribution in [0.15, 0.2) is 18.2 Å². The highest BCUT2D eigenvalue weighted by Gasteiger charge is 2.06. The minimum Gasteiger partial charge on any atom is -0.481 e. The zero-order chi connectivity index (χ0) is 13.5. The second-order valence-electron chi connectivity index (χ2n) is 4.56. The van der Waals surface area contributed by atoms with Crippen molar-refractivity contribution < 1.29 is 9.90 Å². The maximum Gasteiger partial charge on any atom is 0.303 e. The number of aliphatic carboxylic acids is 1. The fourth-order valence-corrected chi connectivity index (χ4v) is 1.66. The van der Waals surface area contributed by atoms with E-state index in [4.69, 9.17) is 10.4 Å². The molecule has 0 bridgehead atoms. The summed E-state index contributed by atoms with van der Waals surface area (Å²) < 4.78 is 0.